The Kier molecular flexibility index (Phi) is 7.93. The van der Waals surface area contributed by atoms with E-state index in [0.29, 0.717) is 35.5 Å². The highest BCUT2D eigenvalue weighted by Gasteiger charge is 2.50. The number of aliphatic hydroxyl groups is 2. The van der Waals surface area contributed by atoms with E-state index in [-0.39, 0.29) is 17.8 Å². The number of hydrogen-bond acceptors (Lipinski definition) is 3. The van der Waals surface area contributed by atoms with Crippen molar-refractivity contribution in [2.75, 3.05) is 0 Å². The molecule has 180 valence electrons. The van der Waals surface area contributed by atoms with Gasteiger partial charge in [-0.3, -0.25) is 4.79 Å². The van der Waals surface area contributed by atoms with Gasteiger partial charge in [-0.25, -0.2) is 0 Å². The van der Waals surface area contributed by atoms with E-state index in [4.69, 9.17) is 0 Å². The lowest BCUT2D eigenvalue weighted by molar-refractivity contribution is -0.134. The van der Waals surface area contributed by atoms with Gasteiger partial charge in [-0.15, -0.1) is 6.58 Å². The summed E-state index contributed by atoms with van der Waals surface area (Å²) in [5.41, 5.74) is 2.04. The van der Waals surface area contributed by atoms with Crippen molar-refractivity contribution in [2.24, 2.45) is 35.0 Å². The summed E-state index contributed by atoms with van der Waals surface area (Å²) in [7, 11) is 0. The van der Waals surface area contributed by atoms with Crippen LogP contribution in [0.2, 0.25) is 0 Å². The van der Waals surface area contributed by atoms with Crippen LogP contribution in [0.25, 0.3) is 0 Å². The van der Waals surface area contributed by atoms with Gasteiger partial charge in [0.2, 0.25) is 0 Å². The number of fused-ring (bicyclic) bond motifs is 1. The molecule has 3 saturated carbocycles. The maximum absolute atomic E-state index is 12.2. The Hall–Kier alpha value is -1.19. The van der Waals surface area contributed by atoms with Crippen LogP contribution < -0.4 is 0 Å². The van der Waals surface area contributed by atoms with Crippen molar-refractivity contribution in [1.82, 2.24) is 0 Å². The molecule has 3 unspecified atom stereocenters. The van der Waals surface area contributed by atoms with Gasteiger partial charge in [0.05, 0.1) is 6.10 Å². The minimum atomic E-state index is -1.22. The second-order valence-corrected chi connectivity index (χ2v) is 11.9. The van der Waals surface area contributed by atoms with Crippen LogP contribution in [0.5, 0.6) is 0 Å². The van der Waals surface area contributed by atoms with Crippen LogP contribution in [0.4, 0.5) is 0 Å². The molecule has 32 heavy (non-hydrogen) atoms. The quantitative estimate of drug-likeness (QED) is 0.448. The summed E-state index contributed by atoms with van der Waals surface area (Å²) in [4.78, 5) is 12.2. The van der Waals surface area contributed by atoms with Crippen LogP contribution in [0, 0.1) is 35.0 Å². The Morgan fingerprint density at radius 3 is 2.62 bits per heavy atom. The van der Waals surface area contributed by atoms with Gasteiger partial charge in [-0.2, -0.15) is 0 Å². The number of allylic oxidation sites excluding steroid dienone is 4. The third-order valence-electron chi connectivity index (χ3n) is 9.28. The standard InChI is InChI=1S/C29H46O3/c1-7-21-17-23(20(3)26(30)18-21)12-11-22-9-8-16-29(6)24(13-14-25(22)29)19(2)10-15-27(31)28(4,5)32/h7,11-12,19-21,24-26,30,32H,1,8-10,13-18H2,2-6H3/b22-11+,23-12-/t19-,20?,21+,24?,25?,26-,29+/m0/s1. The van der Waals surface area contributed by atoms with E-state index in [1.807, 2.05) is 6.08 Å². The van der Waals surface area contributed by atoms with E-state index < -0.39 is 5.60 Å². The summed E-state index contributed by atoms with van der Waals surface area (Å²) in [5, 5.41) is 20.5. The first-order valence-electron chi connectivity index (χ1n) is 12.9. The Morgan fingerprint density at radius 2 is 1.97 bits per heavy atom. The van der Waals surface area contributed by atoms with E-state index in [2.05, 4.69) is 39.5 Å². The zero-order valence-corrected chi connectivity index (χ0v) is 21.1. The summed E-state index contributed by atoms with van der Waals surface area (Å²) >= 11 is 0. The van der Waals surface area contributed by atoms with Crippen LogP contribution in [0.15, 0.2) is 36.0 Å². The van der Waals surface area contributed by atoms with Crippen molar-refractivity contribution in [1.29, 1.82) is 0 Å². The number of Topliss-reactive ketones (excluding diaryl/α,β-unsaturated/α-hetero) is 1. The van der Waals surface area contributed by atoms with Crippen LogP contribution >= 0.6 is 0 Å². The van der Waals surface area contributed by atoms with Gasteiger partial charge >= 0.3 is 0 Å². The summed E-state index contributed by atoms with van der Waals surface area (Å²) in [6.07, 6.45) is 15.8. The number of carbonyl (C=O) groups excluding carboxylic acids is 1. The third kappa shape index (κ3) is 5.30. The molecule has 0 heterocycles. The Morgan fingerprint density at radius 1 is 1.28 bits per heavy atom. The topological polar surface area (TPSA) is 57.5 Å². The second-order valence-electron chi connectivity index (χ2n) is 11.9. The lowest BCUT2D eigenvalue weighted by atomic mass is 9.60. The highest BCUT2D eigenvalue weighted by atomic mass is 16.3. The Labute approximate surface area is 196 Å². The van der Waals surface area contributed by atoms with Crippen molar-refractivity contribution in [3.05, 3.63) is 36.0 Å². The van der Waals surface area contributed by atoms with Crippen molar-refractivity contribution in [3.63, 3.8) is 0 Å². The fourth-order valence-corrected chi connectivity index (χ4v) is 7.03. The summed E-state index contributed by atoms with van der Waals surface area (Å²) in [6, 6.07) is 0. The maximum atomic E-state index is 12.2. The highest BCUT2D eigenvalue weighted by molar-refractivity contribution is 5.86. The van der Waals surface area contributed by atoms with Crippen LogP contribution in [-0.2, 0) is 4.79 Å². The molecule has 3 nitrogen and oxygen atoms in total. The minimum Gasteiger partial charge on any atom is -0.392 e. The predicted molar refractivity (Wildman–Crippen MR) is 132 cm³/mol. The molecule has 0 saturated heterocycles. The molecule has 0 aromatic heterocycles. The number of aliphatic hydroxyl groups excluding tert-OH is 1. The van der Waals surface area contributed by atoms with Gasteiger partial charge in [0, 0.05) is 12.3 Å². The van der Waals surface area contributed by atoms with Gasteiger partial charge in [-0.05, 0) is 94.3 Å². The molecule has 0 aliphatic heterocycles. The third-order valence-corrected chi connectivity index (χ3v) is 9.28. The number of carbonyl (C=O) groups is 1. The zero-order chi connectivity index (χ0) is 23.7. The number of hydrogen-bond donors (Lipinski definition) is 2. The Balaban J connectivity index is 1.72. The molecule has 0 spiro atoms. The zero-order valence-electron chi connectivity index (χ0n) is 21.1. The summed E-state index contributed by atoms with van der Waals surface area (Å²) in [5.74, 6) is 2.33. The van der Waals surface area contributed by atoms with Gasteiger partial charge < -0.3 is 10.2 Å². The summed E-state index contributed by atoms with van der Waals surface area (Å²) in [6.45, 7) is 14.1. The van der Waals surface area contributed by atoms with E-state index in [1.54, 1.807) is 19.4 Å². The molecule has 0 bridgehead atoms. The first-order chi connectivity index (χ1) is 15.0. The molecular weight excluding hydrogens is 396 g/mol. The van der Waals surface area contributed by atoms with E-state index in [0.717, 1.165) is 19.3 Å². The average Bonchev–Trinajstić information content (AvgIpc) is 3.09. The lowest BCUT2D eigenvalue weighted by Crippen LogP contribution is -2.37. The molecule has 7 atom stereocenters. The van der Waals surface area contributed by atoms with Crippen molar-refractivity contribution in [2.45, 2.75) is 104 Å². The van der Waals surface area contributed by atoms with Gasteiger partial charge in [-0.1, -0.05) is 50.1 Å². The summed E-state index contributed by atoms with van der Waals surface area (Å²) < 4.78 is 0. The number of rotatable bonds is 7. The monoisotopic (exact) mass is 442 g/mol. The molecule has 3 heteroatoms. The van der Waals surface area contributed by atoms with E-state index >= 15 is 0 Å². The fraction of sp³-hybridized carbons (Fsp3) is 0.759. The lowest BCUT2D eigenvalue weighted by Gasteiger charge is -2.44. The fourth-order valence-electron chi connectivity index (χ4n) is 7.03. The normalized spacial score (nSPS) is 39.2. The van der Waals surface area contributed by atoms with Crippen LogP contribution in [0.3, 0.4) is 0 Å². The predicted octanol–water partition coefficient (Wildman–Crippen LogP) is 6.40. The molecule has 0 aromatic carbocycles. The maximum Gasteiger partial charge on any atom is 0.163 e. The number of ketones is 1. The second kappa shape index (κ2) is 9.97. The molecule has 2 N–H and O–H groups in total. The highest BCUT2D eigenvalue weighted by Crippen LogP contribution is 2.60. The van der Waals surface area contributed by atoms with Crippen molar-refractivity contribution < 1.29 is 15.0 Å². The average molecular weight is 443 g/mol. The molecule has 0 aromatic rings. The largest absolute Gasteiger partial charge is 0.392 e. The molecule has 3 aliphatic rings. The smallest absolute Gasteiger partial charge is 0.163 e. The SMILES string of the molecule is C=C[C@@H]1C/C(=C/C=C2\CCC[C@@]3(C)C2CCC3[C@@H](C)CCC(=O)C(C)(C)O)C(C)[C@@H](O)C1. The van der Waals surface area contributed by atoms with Crippen LogP contribution in [-0.4, -0.2) is 27.7 Å². The molecular formula is C29H46O3. The molecule has 0 radical (unpaired) electrons. The van der Waals surface area contributed by atoms with Gasteiger partial charge in [0.15, 0.2) is 5.78 Å². The molecule has 0 amide bonds. The Bertz CT molecular complexity index is 755. The first-order valence-corrected chi connectivity index (χ1v) is 12.9. The molecule has 3 rings (SSSR count). The molecule has 3 fully saturated rings. The van der Waals surface area contributed by atoms with Crippen LogP contribution in [0.1, 0.15) is 92.4 Å². The van der Waals surface area contributed by atoms with Gasteiger partial charge in [0.25, 0.3) is 0 Å². The minimum absolute atomic E-state index is 0.0403. The van der Waals surface area contributed by atoms with Crippen molar-refractivity contribution in [3.8, 4) is 0 Å². The molecule has 3 aliphatic carbocycles. The van der Waals surface area contributed by atoms with E-state index in [1.165, 1.54) is 37.7 Å². The van der Waals surface area contributed by atoms with Crippen molar-refractivity contribution >= 4 is 5.78 Å². The van der Waals surface area contributed by atoms with Gasteiger partial charge in [0.1, 0.15) is 5.60 Å². The first kappa shape index (κ1) is 25.4. The van der Waals surface area contributed by atoms with E-state index in [9.17, 15) is 15.0 Å².